The molecule has 0 bridgehead atoms. The van der Waals surface area contributed by atoms with Crippen molar-refractivity contribution in [3.05, 3.63) is 35.4 Å². The lowest BCUT2D eigenvalue weighted by Crippen LogP contribution is -2.44. The average Bonchev–Trinajstić information content (AvgIpc) is 2.65. The van der Waals surface area contributed by atoms with Gasteiger partial charge in [-0.15, -0.1) is 11.6 Å². The lowest BCUT2D eigenvalue weighted by Gasteiger charge is -2.25. The summed E-state index contributed by atoms with van der Waals surface area (Å²) in [5, 5.41) is -0.243. The molecule has 0 saturated carbocycles. The summed E-state index contributed by atoms with van der Waals surface area (Å²) in [6.07, 6.45) is 0.691. The maximum Gasteiger partial charge on any atom is 0.280 e. The maximum atomic E-state index is 12.2. The Hall–Kier alpha value is -0.620. The molecule has 0 saturated heterocycles. The van der Waals surface area contributed by atoms with E-state index < -0.39 is 10.2 Å². The van der Waals surface area contributed by atoms with Crippen LogP contribution in [0, 0.1) is 0 Å². The van der Waals surface area contributed by atoms with E-state index in [1.807, 2.05) is 38.1 Å². The van der Waals surface area contributed by atoms with Gasteiger partial charge in [-0.25, -0.2) is 0 Å². The molecule has 2 atom stereocenters. The molecule has 0 amide bonds. The van der Waals surface area contributed by atoms with Crippen LogP contribution in [-0.4, -0.2) is 31.2 Å². The number of nitrogens with zero attached hydrogens (tertiary/aromatic N) is 1. The third-order valence-electron chi connectivity index (χ3n) is 3.55. The third kappa shape index (κ3) is 2.94. The van der Waals surface area contributed by atoms with Crippen molar-refractivity contribution >= 4 is 21.8 Å². The fourth-order valence-corrected chi connectivity index (χ4v) is 3.98. The summed E-state index contributed by atoms with van der Waals surface area (Å²) in [5.74, 6) is 0. The van der Waals surface area contributed by atoms with E-state index in [0.29, 0.717) is 6.42 Å². The van der Waals surface area contributed by atoms with Gasteiger partial charge >= 0.3 is 0 Å². The Labute approximate surface area is 119 Å². The van der Waals surface area contributed by atoms with Crippen molar-refractivity contribution in [2.24, 2.45) is 0 Å². The van der Waals surface area contributed by atoms with Crippen LogP contribution in [0.3, 0.4) is 0 Å². The Kier molecular flexibility index (Phi) is 4.20. The zero-order valence-corrected chi connectivity index (χ0v) is 12.9. The fraction of sp³-hybridized carbons (Fsp3) is 0.538. The van der Waals surface area contributed by atoms with Crippen molar-refractivity contribution in [3.63, 3.8) is 0 Å². The molecule has 1 aliphatic rings. The Morgan fingerprint density at radius 3 is 2.63 bits per heavy atom. The topological polar surface area (TPSA) is 49.4 Å². The standard InChI is InChI=1S/C13H19ClN2O2S/c1-9(2)16(3)19(17,18)15-13-11-7-5-4-6-10(11)8-12(13)14/h4-7,9,12-13,15H,8H2,1-3H3. The molecule has 6 heteroatoms. The van der Waals surface area contributed by atoms with E-state index in [0.717, 1.165) is 11.1 Å². The normalized spacial score (nSPS) is 23.1. The van der Waals surface area contributed by atoms with Gasteiger partial charge in [-0.2, -0.15) is 17.4 Å². The molecule has 106 valence electrons. The van der Waals surface area contributed by atoms with E-state index in [-0.39, 0.29) is 17.5 Å². The summed E-state index contributed by atoms with van der Waals surface area (Å²) in [5.41, 5.74) is 2.09. The first-order valence-corrected chi connectivity index (χ1v) is 8.17. The number of rotatable bonds is 4. The highest BCUT2D eigenvalue weighted by molar-refractivity contribution is 7.87. The van der Waals surface area contributed by atoms with Crippen LogP contribution in [0.15, 0.2) is 24.3 Å². The van der Waals surface area contributed by atoms with Gasteiger partial charge in [0.25, 0.3) is 10.2 Å². The van der Waals surface area contributed by atoms with Crippen molar-refractivity contribution in [1.29, 1.82) is 0 Å². The second-order valence-electron chi connectivity index (χ2n) is 5.13. The van der Waals surface area contributed by atoms with Gasteiger partial charge in [0, 0.05) is 13.1 Å². The minimum absolute atomic E-state index is 0.0945. The molecule has 0 aromatic heterocycles. The van der Waals surface area contributed by atoms with Crippen LogP contribution >= 0.6 is 11.6 Å². The highest BCUT2D eigenvalue weighted by atomic mass is 35.5. The number of hydrogen-bond donors (Lipinski definition) is 1. The van der Waals surface area contributed by atoms with Crippen molar-refractivity contribution in [2.45, 2.75) is 37.7 Å². The predicted octanol–water partition coefficient (Wildman–Crippen LogP) is 2.07. The number of hydrogen-bond acceptors (Lipinski definition) is 2. The lowest BCUT2D eigenvalue weighted by molar-refractivity contribution is 0.396. The summed E-state index contributed by atoms with van der Waals surface area (Å²) >= 11 is 6.29. The molecule has 4 nitrogen and oxygen atoms in total. The quantitative estimate of drug-likeness (QED) is 0.866. The number of halogens is 1. The second kappa shape index (κ2) is 5.40. The summed E-state index contributed by atoms with van der Waals surface area (Å²) in [6.45, 7) is 3.67. The largest absolute Gasteiger partial charge is 0.280 e. The van der Waals surface area contributed by atoms with E-state index in [1.165, 1.54) is 4.31 Å². The van der Waals surface area contributed by atoms with Crippen molar-refractivity contribution in [2.75, 3.05) is 7.05 Å². The molecular weight excluding hydrogens is 284 g/mol. The third-order valence-corrected chi connectivity index (χ3v) is 5.69. The minimum atomic E-state index is -3.52. The van der Waals surface area contributed by atoms with Crippen LogP contribution in [0.25, 0.3) is 0 Å². The van der Waals surface area contributed by atoms with Crippen LogP contribution in [-0.2, 0) is 16.6 Å². The van der Waals surface area contributed by atoms with Gasteiger partial charge in [0.1, 0.15) is 0 Å². The molecule has 1 N–H and O–H groups in total. The molecule has 1 aromatic carbocycles. The maximum absolute atomic E-state index is 12.2. The van der Waals surface area contributed by atoms with Crippen LogP contribution < -0.4 is 4.72 Å². The van der Waals surface area contributed by atoms with E-state index in [9.17, 15) is 8.42 Å². The number of nitrogens with one attached hydrogen (secondary N) is 1. The zero-order valence-electron chi connectivity index (χ0n) is 11.3. The lowest BCUT2D eigenvalue weighted by atomic mass is 10.1. The molecule has 2 rings (SSSR count). The first kappa shape index (κ1) is 14.8. The zero-order chi connectivity index (χ0) is 14.2. The average molecular weight is 303 g/mol. The van der Waals surface area contributed by atoms with E-state index in [4.69, 9.17) is 11.6 Å². The van der Waals surface area contributed by atoms with E-state index >= 15 is 0 Å². The number of benzene rings is 1. The van der Waals surface area contributed by atoms with Gasteiger partial charge in [-0.05, 0) is 31.4 Å². The molecule has 0 radical (unpaired) electrons. The van der Waals surface area contributed by atoms with Crippen LogP contribution in [0.5, 0.6) is 0 Å². The van der Waals surface area contributed by atoms with Gasteiger partial charge in [0.2, 0.25) is 0 Å². The van der Waals surface area contributed by atoms with Crippen LogP contribution in [0.2, 0.25) is 0 Å². The van der Waals surface area contributed by atoms with Crippen molar-refractivity contribution in [1.82, 2.24) is 9.03 Å². The summed E-state index contributed by atoms with van der Waals surface area (Å²) in [4.78, 5) is 0. The monoisotopic (exact) mass is 302 g/mol. The van der Waals surface area contributed by atoms with Crippen LogP contribution in [0.1, 0.15) is 31.0 Å². The molecule has 0 heterocycles. The Morgan fingerprint density at radius 2 is 2.00 bits per heavy atom. The Morgan fingerprint density at radius 1 is 1.37 bits per heavy atom. The Bertz CT molecular complexity index is 560. The molecule has 2 unspecified atom stereocenters. The van der Waals surface area contributed by atoms with Crippen molar-refractivity contribution in [3.8, 4) is 0 Å². The molecule has 1 aliphatic carbocycles. The van der Waals surface area contributed by atoms with Gasteiger partial charge in [0.05, 0.1) is 11.4 Å². The van der Waals surface area contributed by atoms with Crippen LogP contribution in [0.4, 0.5) is 0 Å². The number of fused-ring (bicyclic) bond motifs is 1. The fourth-order valence-electron chi connectivity index (χ4n) is 2.20. The predicted molar refractivity (Wildman–Crippen MR) is 77.5 cm³/mol. The van der Waals surface area contributed by atoms with E-state index in [1.54, 1.807) is 7.05 Å². The number of alkyl halides is 1. The van der Waals surface area contributed by atoms with E-state index in [2.05, 4.69) is 4.72 Å². The summed E-state index contributed by atoms with van der Waals surface area (Å²) < 4.78 is 28.5. The summed E-state index contributed by atoms with van der Waals surface area (Å²) in [7, 11) is -1.95. The second-order valence-corrected chi connectivity index (χ2v) is 7.45. The molecule has 19 heavy (non-hydrogen) atoms. The first-order chi connectivity index (χ1) is 8.83. The molecule has 1 aromatic rings. The van der Waals surface area contributed by atoms with Gasteiger partial charge in [0.15, 0.2) is 0 Å². The highest BCUT2D eigenvalue weighted by Gasteiger charge is 2.35. The molecule has 0 spiro atoms. The van der Waals surface area contributed by atoms with Crippen molar-refractivity contribution < 1.29 is 8.42 Å². The molecule has 0 fully saturated rings. The smallest absolute Gasteiger partial charge is 0.195 e. The Balaban J connectivity index is 2.25. The first-order valence-electron chi connectivity index (χ1n) is 6.30. The van der Waals surface area contributed by atoms with Gasteiger partial charge < -0.3 is 0 Å². The minimum Gasteiger partial charge on any atom is -0.195 e. The SMILES string of the molecule is CC(C)N(C)S(=O)(=O)NC1c2ccccc2CC1Cl. The van der Waals surface area contributed by atoms with Gasteiger partial charge in [-0.3, -0.25) is 0 Å². The molecular formula is C13H19ClN2O2S. The van der Waals surface area contributed by atoms with Gasteiger partial charge in [-0.1, -0.05) is 24.3 Å². The summed E-state index contributed by atoms with van der Waals surface area (Å²) in [6, 6.07) is 7.32. The molecule has 0 aliphatic heterocycles. The highest BCUT2D eigenvalue weighted by Crippen LogP contribution is 2.35.